The third-order valence-corrected chi connectivity index (χ3v) is 3.40. The first-order chi connectivity index (χ1) is 8.37. The fraction of sp³-hybridized carbons (Fsp3) is 0.500. The molecule has 0 bridgehead atoms. The summed E-state index contributed by atoms with van der Waals surface area (Å²) in [5.41, 5.74) is 2.04. The number of anilines is 1. The molecule has 0 spiro atoms. The Labute approximate surface area is 136 Å². The summed E-state index contributed by atoms with van der Waals surface area (Å²) in [6.07, 6.45) is 1.56. The first kappa shape index (κ1) is 18.9. The molecule has 0 aliphatic rings. The zero-order valence-electron chi connectivity index (χ0n) is 11.5. The van der Waals surface area contributed by atoms with Crippen molar-refractivity contribution in [1.82, 2.24) is 0 Å². The molecule has 1 atom stereocenters. The van der Waals surface area contributed by atoms with Gasteiger partial charge in [0.05, 0.1) is 5.69 Å². The summed E-state index contributed by atoms with van der Waals surface area (Å²) in [6, 6.07) is 5.21. The van der Waals surface area contributed by atoms with Crippen molar-refractivity contribution in [2.45, 2.75) is 32.6 Å². The van der Waals surface area contributed by atoms with Crippen LogP contribution >= 0.6 is 0 Å². The first-order valence-corrected chi connectivity index (χ1v) is 7.23. The van der Waals surface area contributed by atoms with Gasteiger partial charge in [-0.2, -0.15) is 0 Å². The maximum atomic E-state index is 10.6. The molecule has 1 rings (SSSR count). The molecule has 0 radical (unpaired) electrons. The Bertz CT molecular complexity index is 504. The van der Waals surface area contributed by atoms with E-state index in [1.54, 1.807) is 19.1 Å². The molecule has 5 nitrogen and oxygen atoms in total. The molecule has 0 aliphatic heterocycles. The Balaban J connectivity index is 0.00000324. The van der Waals surface area contributed by atoms with Crippen LogP contribution in [0.15, 0.2) is 18.2 Å². The Morgan fingerprint density at radius 2 is 2.05 bits per heavy atom. The summed E-state index contributed by atoms with van der Waals surface area (Å²) in [7, 11) is -4.49. The van der Waals surface area contributed by atoms with E-state index in [4.69, 9.17) is 5.11 Å². The summed E-state index contributed by atoms with van der Waals surface area (Å²) in [4.78, 5) is 0. The quantitative estimate of drug-likeness (QED) is 0.507. The minimum Gasteiger partial charge on any atom is -0.731 e. The maximum Gasteiger partial charge on any atom is 1.00 e. The van der Waals surface area contributed by atoms with E-state index in [1.807, 2.05) is 17.7 Å². The second-order valence-electron chi connectivity index (χ2n) is 4.25. The van der Waals surface area contributed by atoms with Crippen molar-refractivity contribution in [1.29, 1.82) is 0 Å². The molecule has 1 unspecified atom stereocenters. The van der Waals surface area contributed by atoms with E-state index >= 15 is 0 Å². The fourth-order valence-electron chi connectivity index (χ4n) is 1.95. The van der Waals surface area contributed by atoms with Crippen LogP contribution in [-0.2, 0) is 10.3 Å². The summed E-state index contributed by atoms with van der Waals surface area (Å²) >= 11 is 0. The topological polar surface area (TPSA) is 89.5 Å². The molecule has 1 aromatic rings. The number of hydrogen-bond donors (Lipinski definition) is 2. The molecule has 0 saturated heterocycles. The normalized spacial score (nSPS) is 12.6. The van der Waals surface area contributed by atoms with Crippen LogP contribution in [0.4, 0.5) is 5.69 Å². The van der Waals surface area contributed by atoms with Crippen LogP contribution < -0.4 is 34.3 Å². The van der Waals surface area contributed by atoms with E-state index in [-0.39, 0.29) is 42.1 Å². The molecule has 0 heterocycles. The van der Waals surface area contributed by atoms with Crippen LogP contribution in [0.25, 0.3) is 0 Å². The predicted octanol–water partition coefficient (Wildman–Crippen LogP) is -1.25. The second-order valence-corrected chi connectivity index (χ2v) is 5.36. The van der Waals surface area contributed by atoms with Gasteiger partial charge in [-0.05, 0) is 42.9 Å². The van der Waals surface area contributed by atoms with Crippen LogP contribution in [0, 0.1) is 6.92 Å². The SMILES string of the molecule is CCC(CCO)c1ccc(NS(=O)(=O)[O-])c(C)c1.[Na+]. The number of aliphatic hydroxyl groups is 1. The second kappa shape index (κ2) is 8.24. The molecule has 19 heavy (non-hydrogen) atoms. The monoisotopic (exact) mass is 295 g/mol. The Hall–Kier alpha value is -0.110. The van der Waals surface area contributed by atoms with E-state index in [9.17, 15) is 13.0 Å². The molecule has 0 aromatic heterocycles. The van der Waals surface area contributed by atoms with Gasteiger partial charge in [0.15, 0.2) is 10.3 Å². The van der Waals surface area contributed by atoms with E-state index in [1.165, 1.54) is 0 Å². The van der Waals surface area contributed by atoms with Gasteiger partial charge in [0.2, 0.25) is 0 Å². The fourth-order valence-corrected chi connectivity index (χ4v) is 2.45. The average Bonchev–Trinajstić information content (AvgIpc) is 2.27. The molecule has 0 aliphatic carbocycles. The molecule has 7 heteroatoms. The number of nitrogens with one attached hydrogen (secondary N) is 1. The zero-order valence-corrected chi connectivity index (χ0v) is 14.3. The summed E-state index contributed by atoms with van der Waals surface area (Å²) in [6.45, 7) is 3.89. The number of benzene rings is 1. The van der Waals surface area contributed by atoms with Crippen molar-refractivity contribution in [3.63, 3.8) is 0 Å². The molecular formula is C12H18NNaO4S. The molecule has 0 fully saturated rings. The Morgan fingerprint density at radius 1 is 1.42 bits per heavy atom. The van der Waals surface area contributed by atoms with Gasteiger partial charge in [-0.25, -0.2) is 8.42 Å². The van der Waals surface area contributed by atoms with Gasteiger partial charge < -0.3 is 9.66 Å². The van der Waals surface area contributed by atoms with Gasteiger partial charge in [-0.1, -0.05) is 19.1 Å². The smallest absolute Gasteiger partial charge is 0.731 e. The summed E-state index contributed by atoms with van der Waals surface area (Å²) < 4.78 is 33.8. The molecule has 1 aromatic carbocycles. The number of hydrogen-bond acceptors (Lipinski definition) is 4. The average molecular weight is 295 g/mol. The van der Waals surface area contributed by atoms with Gasteiger partial charge in [0, 0.05) is 6.61 Å². The minimum absolute atomic E-state index is 0. The standard InChI is InChI=1S/C12H19NO4S.Na/c1-3-10(6-7-14)11-4-5-12(9(2)8-11)13-18(15,16)17;/h4-5,8,10,13-14H,3,6-7H2,1-2H3,(H,15,16,17);/q;+1/p-1. The van der Waals surface area contributed by atoms with Crippen LogP contribution in [0.1, 0.15) is 36.8 Å². The largest absolute Gasteiger partial charge is 1.00 e. The van der Waals surface area contributed by atoms with Gasteiger partial charge in [0.25, 0.3) is 0 Å². The molecular weight excluding hydrogens is 277 g/mol. The van der Waals surface area contributed by atoms with Gasteiger partial charge in [0.1, 0.15) is 0 Å². The van der Waals surface area contributed by atoms with Gasteiger partial charge in [-0.15, -0.1) is 0 Å². The first-order valence-electron chi connectivity index (χ1n) is 5.82. The van der Waals surface area contributed by atoms with Crippen LogP contribution in [0.5, 0.6) is 0 Å². The minimum atomic E-state index is -4.49. The van der Waals surface area contributed by atoms with Crippen molar-refractivity contribution in [3.8, 4) is 0 Å². The zero-order chi connectivity index (χ0) is 13.8. The van der Waals surface area contributed by atoms with Gasteiger partial charge >= 0.3 is 29.6 Å². The van der Waals surface area contributed by atoms with Crippen LogP contribution in [0.2, 0.25) is 0 Å². The van der Waals surface area contributed by atoms with Crippen LogP contribution in [-0.4, -0.2) is 24.7 Å². The molecule has 0 amide bonds. The predicted molar refractivity (Wildman–Crippen MR) is 69.2 cm³/mol. The molecule has 0 saturated carbocycles. The van der Waals surface area contributed by atoms with E-state index in [2.05, 4.69) is 0 Å². The van der Waals surface area contributed by atoms with Crippen LogP contribution in [0.3, 0.4) is 0 Å². The van der Waals surface area contributed by atoms with E-state index < -0.39 is 10.3 Å². The van der Waals surface area contributed by atoms with Crippen molar-refractivity contribution >= 4 is 16.0 Å². The van der Waals surface area contributed by atoms with Crippen molar-refractivity contribution < 1.29 is 47.6 Å². The van der Waals surface area contributed by atoms with E-state index in [0.29, 0.717) is 17.7 Å². The summed E-state index contributed by atoms with van der Waals surface area (Å²) in [5, 5.41) is 8.97. The maximum absolute atomic E-state index is 10.6. The molecule has 102 valence electrons. The Kier molecular flexibility index (Phi) is 8.19. The summed E-state index contributed by atoms with van der Waals surface area (Å²) in [5.74, 6) is 0.242. The third kappa shape index (κ3) is 6.25. The van der Waals surface area contributed by atoms with Gasteiger partial charge in [-0.3, -0.25) is 4.72 Å². The number of rotatable bonds is 6. The van der Waals surface area contributed by atoms with Crippen molar-refractivity contribution in [3.05, 3.63) is 29.3 Å². The van der Waals surface area contributed by atoms with E-state index in [0.717, 1.165) is 12.0 Å². The third-order valence-electron chi connectivity index (χ3n) is 2.93. The van der Waals surface area contributed by atoms with Crippen molar-refractivity contribution in [2.75, 3.05) is 11.3 Å². The van der Waals surface area contributed by atoms with Crippen molar-refractivity contribution in [2.24, 2.45) is 0 Å². The number of aliphatic hydroxyl groups excluding tert-OH is 1. The molecule has 2 N–H and O–H groups in total. The Morgan fingerprint density at radius 3 is 2.47 bits per heavy atom. The number of aryl methyl sites for hydroxylation is 1.